The highest BCUT2D eigenvalue weighted by atomic mass is 16.6. The zero-order valence-corrected chi connectivity index (χ0v) is 46.5. The van der Waals surface area contributed by atoms with Crippen molar-refractivity contribution >= 4 is 17.9 Å². The quantitative estimate of drug-likeness (QED) is 0.0261. The van der Waals surface area contributed by atoms with Gasteiger partial charge >= 0.3 is 17.9 Å². The van der Waals surface area contributed by atoms with Crippen LogP contribution in [-0.2, 0) is 28.6 Å². The van der Waals surface area contributed by atoms with Gasteiger partial charge in [0.05, 0.1) is 0 Å². The van der Waals surface area contributed by atoms with E-state index in [0.717, 1.165) is 96.3 Å². The van der Waals surface area contributed by atoms with Crippen LogP contribution in [0, 0.1) is 0 Å². The molecular weight excluding hydrogens is 865 g/mol. The van der Waals surface area contributed by atoms with E-state index in [9.17, 15) is 14.4 Å². The van der Waals surface area contributed by atoms with Crippen molar-refractivity contribution in [1.82, 2.24) is 0 Å². The average Bonchev–Trinajstić information content (AvgIpc) is 3.36. The molecule has 0 saturated heterocycles. The molecule has 1 atom stereocenters. The molecule has 406 valence electrons. The Labute approximate surface area is 434 Å². The van der Waals surface area contributed by atoms with Crippen molar-refractivity contribution in [2.75, 3.05) is 13.2 Å². The Morgan fingerprint density at radius 1 is 0.286 bits per heavy atom. The summed E-state index contributed by atoms with van der Waals surface area (Å²) in [5, 5.41) is 0. The van der Waals surface area contributed by atoms with E-state index in [1.165, 1.54) is 173 Å². The summed E-state index contributed by atoms with van der Waals surface area (Å²) >= 11 is 0. The van der Waals surface area contributed by atoms with E-state index in [-0.39, 0.29) is 31.1 Å². The summed E-state index contributed by atoms with van der Waals surface area (Å²) in [6.07, 6.45) is 73.7. The van der Waals surface area contributed by atoms with Gasteiger partial charge in [0.25, 0.3) is 0 Å². The number of carbonyl (C=O) groups excluding carboxylic acids is 3. The Morgan fingerprint density at radius 2 is 0.529 bits per heavy atom. The van der Waals surface area contributed by atoms with Crippen molar-refractivity contribution in [3.63, 3.8) is 0 Å². The van der Waals surface area contributed by atoms with Gasteiger partial charge in [-0.1, -0.05) is 268 Å². The fourth-order valence-corrected chi connectivity index (χ4v) is 8.64. The molecule has 0 saturated carbocycles. The van der Waals surface area contributed by atoms with Crippen LogP contribution in [-0.4, -0.2) is 37.2 Å². The molecule has 0 amide bonds. The van der Waals surface area contributed by atoms with Crippen LogP contribution in [0.15, 0.2) is 60.8 Å². The lowest BCUT2D eigenvalue weighted by Crippen LogP contribution is -2.30. The Kier molecular flexibility index (Phi) is 56.3. The van der Waals surface area contributed by atoms with Gasteiger partial charge in [0, 0.05) is 19.3 Å². The summed E-state index contributed by atoms with van der Waals surface area (Å²) in [6, 6.07) is 0. The largest absolute Gasteiger partial charge is 0.462 e. The first-order chi connectivity index (χ1) is 34.5. The monoisotopic (exact) mass is 979 g/mol. The summed E-state index contributed by atoms with van der Waals surface area (Å²) in [7, 11) is 0. The van der Waals surface area contributed by atoms with E-state index in [2.05, 4.69) is 81.5 Å². The van der Waals surface area contributed by atoms with Gasteiger partial charge in [-0.15, -0.1) is 0 Å². The van der Waals surface area contributed by atoms with Gasteiger partial charge in [-0.25, -0.2) is 0 Å². The average molecular weight is 980 g/mol. The van der Waals surface area contributed by atoms with E-state index < -0.39 is 6.10 Å². The lowest BCUT2D eigenvalue weighted by Gasteiger charge is -2.18. The number of allylic oxidation sites excluding steroid dienone is 10. The maximum absolute atomic E-state index is 12.8. The second-order valence-corrected chi connectivity index (χ2v) is 20.3. The third kappa shape index (κ3) is 56.0. The minimum Gasteiger partial charge on any atom is -0.462 e. The van der Waals surface area contributed by atoms with Crippen LogP contribution in [0.2, 0.25) is 0 Å². The Morgan fingerprint density at radius 3 is 0.843 bits per heavy atom. The highest BCUT2D eigenvalue weighted by molar-refractivity contribution is 5.71. The van der Waals surface area contributed by atoms with E-state index in [0.29, 0.717) is 19.3 Å². The number of esters is 3. The molecule has 70 heavy (non-hydrogen) atoms. The van der Waals surface area contributed by atoms with E-state index >= 15 is 0 Å². The molecule has 1 unspecified atom stereocenters. The number of ether oxygens (including phenoxy) is 3. The fourth-order valence-electron chi connectivity index (χ4n) is 8.64. The summed E-state index contributed by atoms with van der Waals surface area (Å²) in [4.78, 5) is 38.1. The minimum absolute atomic E-state index is 0.0775. The maximum Gasteiger partial charge on any atom is 0.306 e. The third-order valence-electron chi connectivity index (χ3n) is 13.2. The molecule has 0 heterocycles. The zero-order chi connectivity index (χ0) is 50.7. The van der Waals surface area contributed by atoms with Gasteiger partial charge in [0.1, 0.15) is 13.2 Å². The topological polar surface area (TPSA) is 78.9 Å². The van der Waals surface area contributed by atoms with Crippen LogP contribution in [0.1, 0.15) is 310 Å². The molecule has 0 aromatic carbocycles. The molecule has 0 spiro atoms. The normalized spacial score (nSPS) is 12.4. The highest BCUT2D eigenvalue weighted by Crippen LogP contribution is 2.16. The van der Waals surface area contributed by atoms with E-state index in [1.54, 1.807) is 0 Å². The van der Waals surface area contributed by atoms with Crippen molar-refractivity contribution in [3.05, 3.63) is 60.8 Å². The van der Waals surface area contributed by atoms with Crippen molar-refractivity contribution < 1.29 is 28.6 Å². The predicted molar refractivity (Wildman–Crippen MR) is 302 cm³/mol. The molecule has 6 nitrogen and oxygen atoms in total. The van der Waals surface area contributed by atoms with Crippen LogP contribution in [0.5, 0.6) is 0 Å². The number of hydrogen-bond acceptors (Lipinski definition) is 6. The molecule has 6 heteroatoms. The van der Waals surface area contributed by atoms with E-state index in [4.69, 9.17) is 14.2 Å². The molecule has 0 N–H and O–H groups in total. The molecule has 0 aliphatic carbocycles. The molecule has 0 aromatic rings. The molecule has 0 rings (SSSR count). The third-order valence-corrected chi connectivity index (χ3v) is 13.2. The molecule has 0 radical (unpaired) electrons. The minimum atomic E-state index is -0.779. The van der Waals surface area contributed by atoms with Gasteiger partial charge in [-0.3, -0.25) is 14.4 Å². The number of hydrogen-bond donors (Lipinski definition) is 0. The summed E-state index contributed by atoms with van der Waals surface area (Å²) in [5.41, 5.74) is 0. The van der Waals surface area contributed by atoms with Gasteiger partial charge < -0.3 is 14.2 Å². The van der Waals surface area contributed by atoms with Gasteiger partial charge in [-0.2, -0.15) is 0 Å². The Bertz CT molecular complexity index is 1260. The molecule has 0 bridgehead atoms. The molecule has 0 aromatic heterocycles. The van der Waals surface area contributed by atoms with Crippen molar-refractivity contribution in [2.24, 2.45) is 0 Å². The zero-order valence-electron chi connectivity index (χ0n) is 46.5. The van der Waals surface area contributed by atoms with Crippen molar-refractivity contribution in [2.45, 2.75) is 316 Å². The fraction of sp³-hybridized carbons (Fsp3) is 0.797. The SMILES string of the molecule is CCCC/C=C\C/C=C\CCCCCCCC(=O)OC(COC(=O)CCCCCCCCCCCCC)COC(=O)CCCCCCCCCCCCCC/C=C\C/C=C\C/C=C\CCCCCCC. The van der Waals surface area contributed by atoms with Crippen LogP contribution in [0.3, 0.4) is 0 Å². The van der Waals surface area contributed by atoms with Crippen LogP contribution in [0.4, 0.5) is 0 Å². The lowest BCUT2D eigenvalue weighted by molar-refractivity contribution is -0.167. The lowest BCUT2D eigenvalue weighted by atomic mass is 10.0. The predicted octanol–water partition coefficient (Wildman–Crippen LogP) is 20.4. The Hall–Kier alpha value is -2.89. The van der Waals surface area contributed by atoms with Gasteiger partial charge in [0.15, 0.2) is 6.10 Å². The van der Waals surface area contributed by atoms with Crippen molar-refractivity contribution in [1.29, 1.82) is 0 Å². The molecule has 0 aliphatic heterocycles. The second kappa shape index (κ2) is 58.7. The second-order valence-electron chi connectivity index (χ2n) is 20.3. The van der Waals surface area contributed by atoms with Crippen molar-refractivity contribution in [3.8, 4) is 0 Å². The van der Waals surface area contributed by atoms with Gasteiger partial charge in [-0.05, 0) is 83.5 Å². The summed E-state index contributed by atoms with van der Waals surface area (Å²) in [5.74, 6) is -0.883. The summed E-state index contributed by atoms with van der Waals surface area (Å²) < 4.78 is 16.9. The first-order valence-electron chi connectivity index (χ1n) is 30.3. The smallest absolute Gasteiger partial charge is 0.306 e. The van der Waals surface area contributed by atoms with Crippen LogP contribution < -0.4 is 0 Å². The molecule has 0 aliphatic rings. The first-order valence-corrected chi connectivity index (χ1v) is 30.3. The molecular formula is C64H114O6. The summed E-state index contributed by atoms with van der Waals surface area (Å²) in [6.45, 7) is 6.59. The molecule has 0 fully saturated rings. The number of rotatable bonds is 55. The van der Waals surface area contributed by atoms with Crippen LogP contribution in [0.25, 0.3) is 0 Å². The van der Waals surface area contributed by atoms with Gasteiger partial charge in [0.2, 0.25) is 0 Å². The maximum atomic E-state index is 12.8. The standard InChI is InChI=1S/C64H114O6/c1-4-7-10-13-16-19-22-24-26-27-28-29-30-31-32-33-34-35-36-37-38-40-42-45-48-51-54-57-63(66)69-60-61(59-68-62(65)56-53-50-47-44-41-21-18-15-12-9-6-3)70-64(67)58-55-52-49-46-43-39-25-23-20-17-14-11-8-5-2/h14,17,22-25,27-28,30-31,61H,4-13,15-16,18-21,26,29,32-60H2,1-3H3/b17-14-,24-22-,25-23-,28-27-,31-30-. The van der Waals surface area contributed by atoms with Crippen LogP contribution >= 0.6 is 0 Å². The number of carbonyl (C=O) groups is 3. The first kappa shape index (κ1) is 67.1. The van der Waals surface area contributed by atoms with E-state index in [1.807, 2.05) is 0 Å². The highest BCUT2D eigenvalue weighted by Gasteiger charge is 2.19. The number of unbranched alkanes of at least 4 members (excludes halogenated alkanes) is 34. The Balaban J connectivity index is 4.21.